The SMILES string of the molecule is CCc1ccc(C(C)NC(=O)CCn2c(-c3cccc(C)c3)n[nH]c2=S)cc1. The van der Waals surface area contributed by atoms with Crippen molar-refractivity contribution in [3.05, 3.63) is 70.0 Å². The molecule has 6 heteroatoms. The van der Waals surface area contributed by atoms with Gasteiger partial charge >= 0.3 is 0 Å². The van der Waals surface area contributed by atoms with Gasteiger partial charge in [0.2, 0.25) is 5.91 Å². The number of nitrogens with zero attached hydrogens (tertiary/aromatic N) is 2. The average Bonchev–Trinajstić information content (AvgIpc) is 3.07. The van der Waals surface area contributed by atoms with Crippen LogP contribution >= 0.6 is 12.2 Å². The lowest BCUT2D eigenvalue weighted by molar-refractivity contribution is -0.121. The number of amides is 1. The van der Waals surface area contributed by atoms with E-state index in [-0.39, 0.29) is 11.9 Å². The predicted molar refractivity (Wildman–Crippen MR) is 115 cm³/mol. The monoisotopic (exact) mass is 394 g/mol. The summed E-state index contributed by atoms with van der Waals surface area (Å²) in [5, 5.41) is 10.3. The molecule has 0 fully saturated rings. The Labute approximate surface area is 170 Å². The Hall–Kier alpha value is -2.73. The quantitative estimate of drug-likeness (QED) is 0.569. The third-order valence-corrected chi connectivity index (χ3v) is 5.17. The minimum atomic E-state index is -0.0352. The Morgan fingerprint density at radius 3 is 2.68 bits per heavy atom. The van der Waals surface area contributed by atoms with Gasteiger partial charge in [0.1, 0.15) is 0 Å². The molecule has 2 aromatic carbocycles. The second kappa shape index (κ2) is 8.97. The molecule has 1 unspecified atom stereocenters. The normalized spacial score (nSPS) is 12.0. The highest BCUT2D eigenvalue weighted by Crippen LogP contribution is 2.19. The molecule has 0 spiro atoms. The van der Waals surface area contributed by atoms with Gasteiger partial charge in [-0.2, -0.15) is 5.10 Å². The summed E-state index contributed by atoms with van der Waals surface area (Å²) in [4.78, 5) is 12.5. The molecule has 1 heterocycles. The van der Waals surface area contributed by atoms with E-state index in [4.69, 9.17) is 12.2 Å². The summed E-state index contributed by atoms with van der Waals surface area (Å²) in [6, 6.07) is 16.4. The van der Waals surface area contributed by atoms with Crippen molar-refractivity contribution in [2.45, 2.75) is 46.2 Å². The molecule has 0 saturated heterocycles. The molecule has 0 bridgehead atoms. The first kappa shape index (κ1) is 20.0. The summed E-state index contributed by atoms with van der Waals surface area (Å²) in [6.45, 7) is 6.65. The Kier molecular flexibility index (Phi) is 6.41. The highest BCUT2D eigenvalue weighted by molar-refractivity contribution is 7.71. The Morgan fingerprint density at radius 1 is 1.25 bits per heavy atom. The number of aromatic amines is 1. The fourth-order valence-electron chi connectivity index (χ4n) is 3.18. The van der Waals surface area contributed by atoms with Crippen LogP contribution in [-0.4, -0.2) is 20.7 Å². The van der Waals surface area contributed by atoms with Gasteiger partial charge in [0, 0.05) is 18.5 Å². The summed E-state index contributed by atoms with van der Waals surface area (Å²) in [5.74, 6) is 0.745. The number of carbonyl (C=O) groups excluding carboxylic acids is 1. The van der Waals surface area contributed by atoms with Crippen LogP contribution in [0.2, 0.25) is 0 Å². The van der Waals surface area contributed by atoms with Crippen LogP contribution in [0.15, 0.2) is 48.5 Å². The van der Waals surface area contributed by atoms with Gasteiger partial charge in [0.15, 0.2) is 10.6 Å². The molecule has 0 saturated carbocycles. The predicted octanol–water partition coefficient (Wildman–Crippen LogP) is 4.75. The molecule has 3 aromatic rings. The topological polar surface area (TPSA) is 62.7 Å². The van der Waals surface area contributed by atoms with Crippen molar-refractivity contribution in [1.82, 2.24) is 20.1 Å². The summed E-state index contributed by atoms with van der Waals surface area (Å²) >= 11 is 5.36. The summed E-state index contributed by atoms with van der Waals surface area (Å²) in [7, 11) is 0. The van der Waals surface area contributed by atoms with Gasteiger partial charge in [-0.1, -0.05) is 55.0 Å². The van der Waals surface area contributed by atoms with Crippen LogP contribution < -0.4 is 5.32 Å². The molecule has 5 nitrogen and oxygen atoms in total. The van der Waals surface area contributed by atoms with Gasteiger partial charge < -0.3 is 5.32 Å². The fourth-order valence-corrected chi connectivity index (χ4v) is 3.41. The molecule has 1 aromatic heterocycles. The number of carbonyl (C=O) groups is 1. The number of nitrogens with one attached hydrogen (secondary N) is 2. The van der Waals surface area contributed by atoms with Gasteiger partial charge in [-0.05, 0) is 49.7 Å². The van der Waals surface area contributed by atoms with Crippen molar-refractivity contribution >= 4 is 18.1 Å². The first-order valence-corrected chi connectivity index (χ1v) is 9.99. The van der Waals surface area contributed by atoms with Crippen LogP contribution in [0.3, 0.4) is 0 Å². The Balaban J connectivity index is 1.65. The van der Waals surface area contributed by atoms with Gasteiger partial charge in [-0.25, -0.2) is 0 Å². The highest BCUT2D eigenvalue weighted by atomic mass is 32.1. The lowest BCUT2D eigenvalue weighted by Crippen LogP contribution is -2.27. The van der Waals surface area contributed by atoms with E-state index in [1.54, 1.807) is 0 Å². The molecule has 1 atom stereocenters. The van der Waals surface area contributed by atoms with Crippen LogP contribution in [-0.2, 0) is 17.8 Å². The minimum Gasteiger partial charge on any atom is -0.350 e. The maximum absolute atomic E-state index is 12.5. The zero-order chi connectivity index (χ0) is 20.1. The van der Waals surface area contributed by atoms with E-state index in [2.05, 4.69) is 52.8 Å². The molecule has 0 radical (unpaired) electrons. The third-order valence-electron chi connectivity index (χ3n) is 4.86. The van der Waals surface area contributed by atoms with E-state index < -0.39 is 0 Å². The molecular weight excluding hydrogens is 368 g/mol. The van der Waals surface area contributed by atoms with E-state index in [1.807, 2.05) is 36.6 Å². The number of aromatic nitrogens is 3. The van der Waals surface area contributed by atoms with E-state index in [0.29, 0.717) is 17.7 Å². The number of aryl methyl sites for hydroxylation is 2. The van der Waals surface area contributed by atoms with Crippen molar-refractivity contribution in [2.24, 2.45) is 0 Å². The van der Waals surface area contributed by atoms with Crippen LogP contribution in [0.1, 0.15) is 43.0 Å². The molecule has 146 valence electrons. The van der Waals surface area contributed by atoms with Crippen molar-refractivity contribution in [1.29, 1.82) is 0 Å². The van der Waals surface area contributed by atoms with Crippen LogP contribution in [0.5, 0.6) is 0 Å². The first-order valence-electron chi connectivity index (χ1n) is 9.58. The zero-order valence-corrected chi connectivity index (χ0v) is 17.3. The maximum atomic E-state index is 12.5. The molecule has 3 rings (SSSR count). The van der Waals surface area contributed by atoms with E-state index >= 15 is 0 Å². The number of benzene rings is 2. The maximum Gasteiger partial charge on any atom is 0.222 e. The van der Waals surface area contributed by atoms with E-state index in [0.717, 1.165) is 28.9 Å². The van der Waals surface area contributed by atoms with Crippen LogP contribution in [0, 0.1) is 11.7 Å². The lowest BCUT2D eigenvalue weighted by atomic mass is 10.0. The molecule has 2 N–H and O–H groups in total. The van der Waals surface area contributed by atoms with E-state index in [1.165, 1.54) is 5.56 Å². The van der Waals surface area contributed by atoms with E-state index in [9.17, 15) is 4.79 Å². The second-order valence-electron chi connectivity index (χ2n) is 7.01. The standard InChI is InChI=1S/C22H26N4OS/c1-4-17-8-10-18(11-9-17)16(3)23-20(27)12-13-26-21(24-25-22(26)28)19-7-5-6-15(2)14-19/h5-11,14,16H,4,12-13H2,1-3H3,(H,23,27)(H,25,28). The number of hydrogen-bond acceptors (Lipinski definition) is 3. The number of hydrogen-bond donors (Lipinski definition) is 2. The van der Waals surface area contributed by atoms with Gasteiger partial charge in [0.25, 0.3) is 0 Å². The molecule has 0 aliphatic carbocycles. The fraction of sp³-hybridized carbons (Fsp3) is 0.318. The Morgan fingerprint density at radius 2 is 2.00 bits per heavy atom. The van der Waals surface area contributed by atoms with Crippen molar-refractivity contribution in [2.75, 3.05) is 0 Å². The summed E-state index contributed by atoms with van der Waals surface area (Å²) in [5.41, 5.74) is 4.53. The first-order chi connectivity index (χ1) is 13.5. The number of rotatable bonds is 7. The van der Waals surface area contributed by atoms with Crippen molar-refractivity contribution in [3.63, 3.8) is 0 Å². The number of H-pyrrole nitrogens is 1. The lowest BCUT2D eigenvalue weighted by Gasteiger charge is -2.15. The van der Waals surface area contributed by atoms with Gasteiger partial charge in [-0.3, -0.25) is 14.5 Å². The molecule has 28 heavy (non-hydrogen) atoms. The van der Waals surface area contributed by atoms with Crippen molar-refractivity contribution < 1.29 is 4.79 Å². The van der Waals surface area contributed by atoms with Gasteiger partial charge in [0.05, 0.1) is 6.04 Å². The molecule has 1 amide bonds. The second-order valence-corrected chi connectivity index (χ2v) is 7.39. The average molecular weight is 395 g/mol. The molecular formula is C22H26N4OS. The third kappa shape index (κ3) is 4.75. The van der Waals surface area contributed by atoms with Crippen LogP contribution in [0.4, 0.5) is 0 Å². The molecule has 0 aliphatic heterocycles. The Bertz CT molecular complexity index is 1000. The summed E-state index contributed by atoms with van der Waals surface area (Å²) in [6.07, 6.45) is 1.35. The molecule has 0 aliphatic rings. The smallest absolute Gasteiger partial charge is 0.222 e. The zero-order valence-electron chi connectivity index (χ0n) is 16.5. The van der Waals surface area contributed by atoms with Crippen LogP contribution in [0.25, 0.3) is 11.4 Å². The minimum absolute atomic E-state index is 0.00893. The largest absolute Gasteiger partial charge is 0.350 e. The van der Waals surface area contributed by atoms with Crippen molar-refractivity contribution in [3.8, 4) is 11.4 Å². The highest BCUT2D eigenvalue weighted by Gasteiger charge is 2.13. The summed E-state index contributed by atoms with van der Waals surface area (Å²) < 4.78 is 2.40. The van der Waals surface area contributed by atoms with Gasteiger partial charge in [-0.15, -0.1) is 0 Å².